The van der Waals surface area contributed by atoms with E-state index < -0.39 is 0 Å². The average Bonchev–Trinajstić information content (AvgIpc) is 2.23. The first-order chi connectivity index (χ1) is 6.83. The highest BCUT2D eigenvalue weighted by atomic mass is 16.7. The largest absolute Gasteiger partial charge is 0.352 e. The lowest BCUT2D eigenvalue weighted by Crippen LogP contribution is -2.06. The predicted octanol–water partition coefficient (Wildman–Crippen LogP) is 2.03. The van der Waals surface area contributed by atoms with Crippen LogP contribution in [0.1, 0.15) is 17.4 Å². The smallest absolute Gasteiger partial charge is 0.183 e. The highest BCUT2D eigenvalue weighted by Crippen LogP contribution is 2.20. The van der Waals surface area contributed by atoms with Crippen molar-refractivity contribution in [3.63, 3.8) is 0 Å². The van der Waals surface area contributed by atoms with Gasteiger partial charge in [0, 0.05) is 38.6 Å². The van der Waals surface area contributed by atoms with Crippen LogP contribution in [-0.4, -0.2) is 27.5 Å². The summed E-state index contributed by atoms with van der Waals surface area (Å²) in [6, 6.07) is 7.86. The topological polar surface area (TPSA) is 30.8 Å². The van der Waals surface area contributed by atoms with Gasteiger partial charge >= 0.3 is 0 Å². The minimum atomic E-state index is -0.329. The van der Waals surface area contributed by atoms with Gasteiger partial charge in [0.2, 0.25) is 0 Å². The summed E-state index contributed by atoms with van der Waals surface area (Å²) in [6.07, 6.45) is 1.46. The molecular formula is C11H15NO2. The molecule has 76 valence electrons. The Morgan fingerprint density at radius 3 is 2.43 bits per heavy atom. The molecule has 0 radical (unpaired) electrons. The third-order valence-electron chi connectivity index (χ3n) is 1.95. The first kappa shape index (κ1) is 10.9. The predicted molar refractivity (Wildman–Crippen MR) is 56.7 cm³/mol. The molecule has 3 heteroatoms. The Kier molecular flexibility index (Phi) is 4.29. The monoisotopic (exact) mass is 193 g/mol. The Balaban J connectivity index is 3.04. The minimum absolute atomic E-state index is 0.329. The van der Waals surface area contributed by atoms with Gasteiger partial charge in [-0.15, -0.1) is 0 Å². The van der Waals surface area contributed by atoms with Crippen LogP contribution in [0.5, 0.6) is 0 Å². The van der Waals surface area contributed by atoms with Crippen LogP contribution in [0, 0.1) is 0 Å². The van der Waals surface area contributed by atoms with Gasteiger partial charge in [-0.25, -0.2) is 0 Å². The lowest BCUT2D eigenvalue weighted by atomic mass is 10.1. The zero-order chi connectivity index (χ0) is 10.4. The molecule has 1 aromatic carbocycles. The summed E-state index contributed by atoms with van der Waals surface area (Å²) in [5, 5.41) is 0. The van der Waals surface area contributed by atoms with E-state index >= 15 is 0 Å². The number of benzene rings is 1. The van der Waals surface area contributed by atoms with Crippen molar-refractivity contribution in [2.45, 2.75) is 6.29 Å². The molecule has 0 unspecified atom stereocenters. The van der Waals surface area contributed by atoms with Gasteiger partial charge in [0.1, 0.15) is 0 Å². The molecule has 0 spiro atoms. The molecule has 14 heavy (non-hydrogen) atoms. The second-order valence-corrected chi connectivity index (χ2v) is 2.82. The van der Waals surface area contributed by atoms with Crippen LogP contribution in [0.2, 0.25) is 0 Å². The van der Waals surface area contributed by atoms with Crippen LogP contribution in [0.15, 0.2) is 29.3 Å². The SMILES string of the molecule is C/N=C\c1ccccc1C(OC)OC. The van der Waals surface area contributed by atoms with Crippen molar-refractivity contribution < 1.29 is 9.47 Å². The highest BCUT2D eigenvalue weighted by molar-refractivity contribution is 5.81. The summed E-state index contributed by atoms with van der Waals surface area (Å²) in [4.78, 5) is 3.98. The van der Waals surface area contributed by atoms with Crippen molar-refractivity contribution in [3.05, 3.63) is 35.4 Å². The summed E-state index contributed by atoms with van der Waals surface area (Å²) >= 11 is 0. The molecule has 0 heterocycles. The molecular weight excluding hydrogens is 178 g/mol. The molecule has 0 fully saturated rings. The second-order valence-electron chi connectivity index (χ2n) is 2.82. The van der Waals surface area contributed by atoms with E-state index in [0.29, 0.717) is 0 Å². The Morgan fingerprint density at radius 2 is 1.86 bits per heavy atom. The average molecular weight is 193 g/mol. The van der Waals surface area contributed by atoms with Crippen LogP contribution in [0.3, 0.4) is 0 Å². The normalized spacial score (nSPS) is 11.4. The molecule has 0 aliphatic rings. The number of methoxy groups -OCH3 is 2. The molecule has 0 aliphatic carbocycles. The Labute approximate surface area is 84.4 Å². The van der Waals surface area contributed by atoms with Gasteiger partial charge < -0.3 is 9.47 Å². The summed E-state index contributed by atoms with van der Waals surface area (Å²) in [6.45, 7) is 0. The Bertz CT molecular complexity index is 306. The van der Waals surface area contributed by atoms with Gasteiger partial charge in [-0.1, -0.05) is 24.3 Å². The maximum atomic E-state index is 5.19. The maximum absolute atomic E-state index is 5.19. The number of aliphatic imine (C=N–C) groups is 1. The van der Waals surface area contributed by atoms with Crippen molar-refractivity contribution >= 4 is 6.21 Å². The van der Waals surface area contributed by atoms with E-state index in [-0.39, 0.29) is 6.29 Å². The molecule has 0 saturated heterocycles. The summed E-state index contributed by atoms with van der Waals surface area (Å²) in [7, 11) is 4.98. The van der Waals surface area contributed by atoms with Crippen LogP contribution in [0.4, 0.5) is 0 Å². The minimum Gasteiger partial charge on any atom is -0.352 e. The van der Waals surface area contributed by atoms with Gasteiger partial charge in [0.25, 0.3) is 0 Å². The quantitative estimate of drug-likeness (QED) is 0.541. The van der Waals surface area contributed by atoms with Crippen molar-refractivity contribution in [2.75, 3.05) is 21.3 Å². The number of hydrogen-bond donors (Lipinski definition) is 0. The van der Waals surface area contributed by atoms with Gasteiger partial charge in [-0.3, -0.25) is 4.99 Å². The van der Waals surface area contributed by atoms with E-state index in [1.807, 2.05) is 24.3 Å². The van der Waals surface area contributed by atoms with Gasteiger partial charge in [0.15, 0.2) is 6.29 Å². The first-order valence-electron chi connectivity index (χ1n) is 4.40. The number of hydrogen-bond acceptors (Lipinski definition) is 3. The van der Waals surface area contributed by atoms with Gasteiger partial charge in [-0.2, -0.15) is 0 Å². The molecule has 0 atom stereocenters. The fourth-order valence-corrected chi connectivity index (χ4v) is 1.33. The standard InChI is InChI=1S/C11H15NO2/c1-12-8-9-6-4-5-7-10(9)11(13-2)14-3/h4-8,11H,1-3H3/b12-8-. The summed E-state index contributed by atoms with van der Waals surface area (Å²) in [5.41, 5.74) is 2.01. The molecule has 1 aromatic rings. The Morgan fingerprint density at radius 1 is 1.21 bits per heavy atom. The van der Waals surface area contributed by atoms with Crippen molar-refractivity contribution in [1.82, 2.24) is 0 Å². The highest BCUT2D eigenvalue weighted by Gasteiger charge is 2.11. The van der Waals surface area contributed by atoms with Crippen LogP contribution >= 0.6 is 0 Å². The van der Waals surface area contributed by atoms with E-state index in [2.05, 4.69) is 4.99 Å². The molecule has 0 bridgehead atoms. The van der Waals surface area contributed by atoms with Gasteiger partial charge in [0.05, 0.1) is 0 Å². The maximum Gasteiger partial charge on any atom is 0.183 e. The number of rotatable bonds is 4. The zero-order valence-electron chi connectivity index (χ0n) is 8.73. The van der Waals surface area contributed by atoms with Crippen LogP contribution in [-0.2, 0) is 9.47 Å². The fourth-order valence-electron chi connectivity index (χ4n) is 1.33. The van der Waals surface area contributed by atoms with Crippen LogP contribution < -0.4 is 0 Å². The molecule has 0 aliphatic heterocycles. The number of ether oxygens (including phenoxy) is 2. The van der Waals surface area contributed by atoms with E-state index in [9.17, 15) is 0 Å². The van der Waals surface area contributed by atoms with Crippen molar-refractivity contribution in [3.8, 4) is 0 Å². The molecule has 0 saturated carbocycles. The molecule has 0 N–H and O–H groups in total. The molecule has 0 amide bonds. The third kappa shape index (κ3) is 2.40. The van der Waals surface area contributed by atoms with E-state index in [1.165, 1.54) is 0 Å². The van der Waals surface area contributed by atoms with Crippen LogP contribution in [0.25, 0.3) is 0 Å². The van der Waals surface area contributed by atoms with Gasteiger partial charge in [-0.05, 0) is 0 Å². The summed E-state index contributed by atoms with van der Waals surface area (Å²) < 4.78 is 10.4. The molecule has 0 aromatic heterocycles. The zero-order valence-corrected chi connectivity index (χ0v) is 8.73. The van der Waals surface area contributed by atoms with E-state index in [0.717, 1.165) is 11.1 Å². The first-order valence-corrected chi connectivity index (χ1v) is 4.40. The van der Waals surface area contributed by atoms with Crippen molar-refractivity contribution in [2.24, 2.45) is 4.99 Å². The fraction of sp³-hybridized carbons (Fsp3) is 0.364. The van der Waals surface area contributed by atoms with Crippen molar-refractivity contribution in [1.29, 1.82) is 0 Å². The molecule has 3 nitrogen and oxygen atoms in total. The Hall–Kier alpha value is -1.19. The molecule has 1 rings (SSSR count). The lowest BCUT2D eigenvalue weighted by Gasteiger charge is -2.15. The lowest BCUT2D eigenvalue weighted by molar-refractivity contribution is -0.106. The third-order valence-corrected chi connectivity index (χ3v) is 1.95. The van der Waals surface area contributed by atoms with E-state index in [4.69, 9.17) is 9.47 Å². The summed E-state index contributed by atoms with van der Waals surface area (Å²) in [5.74, 6) is 0. The number of nitrogens with zero attached hydrogens (tertiary/aromatic N) is 1. The second kappa shape index (κ2) is 5.52. The van der Waals surface area contributed by atoms with E-state index in [1.54, 1.807) is 27.5 Å².